The first-order valence-corrected chi connectivity index (χ1v) is 6.11. The van der Waals surface area contributed by atoms with Crippen molar-refractivity contribution < 1.29 is 14.2 Å². The second-order valence-electron chi connectivity index (χ2n) is 3.87. The normalized spacial score (nSPS) is 10.2. The van der Waals surface area contributed by atoms with Gasteiger partial charge in [0.15, 0.2) is 11.6 Å². The van der Waals surface area contributed by atoms with Crippen molar-refractivity contribution in [1.82, 2.24) is 10.1 Å². The van der Waals surface area contributed by atoms with Crippen molar-refractivity contribution in [3.8, 4) is 5.75 Å². The first kappa shape index (κ1) is 13.8. The Bertz CT molecular complexity index is 571. The molecule has 1 heterocycles. The molecular formula is C12H14N4O4. The molecule has 0 aliphatic rings. The van der Waals surface area contributed by atoms with E-state index in [-0.39, 0.29) is 11.4 Å². The third-order valence-corrected chi connectivity index (χ3v) is 2.55. The topological polar surface area (TPSA) is 103 Å². The highest BCUT2D eigenvalue weighted by atomic mass is 16.6. The lowest BCUT2D eigenvalue weighted by molar-refractivity contribution is -0.384. The van der Waals surface area contributed by atoms with Crippen molar-refractivity contribution in [3.63, 3.8) is 0 Å². The molecule has 0 radical (unpaired) electrons. The number of nitrogens with zero attached hydrogens (tertiary/aromatic N) is 3. The molecule has 8 nitrogen and oxygen atoms in total. The molecule has 0 aliphatic heterocycles. The monoisotopic (exact) mass is 278 g/mol. The summed E-state index contributed by atoms with van der Waals surface area (Å²) in [7, 11) is 0. The fraction of sp³-hybridized carbons (Fsp3) is 0.333. The molecule has 1 N–H and O–H groups in total. The Kier molecular flexibility index (Phi) is 4.48. The Balaban J connectivity index is 2.09. The van der Waals surface area contributed by atoms with Crippen molar-refractivity contribution in [2.45, 2.75) is 13.3 Å². The number of nitrogens with one attached hydrogen (secondary N) is 1. The van der Waals surface area contributed by atoms with Gasteiger partial charge < -0.3 is 14.6 Å². The van der Waals surface area contributed by atoms with Gasteiger partial charge in [0.2, 0.25) is 6.39 Å². The maximum absolute atomic E-state index is 11.2. The molecular weight excluding hydrogens is 264 g/mol. The Morgan fingerprint density at radius 1 is 1.50 bits per heavy atom. The number of nitro benzene ring substituents is 1. The van der Waals surface area contributed by atoms with Crippen LogP contribution in [0.15, 0.2) is 29.1 Å². The molecule has 0 saturated heterocycles. The maximum Gasteiger partial charge on any atom is 0.333 e. The van der Waals surface area contributed by atoms with Crippen LogP contribution in [0.1, 0.15) is 12.7 Å². The predicted molar refractivity (Wildman–Crippen MR) is 70.8 cm³/mol. The highest BCUT2D eigenvalue weighted by Crippen LogP contribution is 2.34. The second kappa shape index (κ2) is 6.50. The number of para-hydroxylation sites is 1. The van der Waals surface area contributed by atoms with Crippen LogP contribution in [0.2, 0.25) is 0 Å². The lowest BCUT2D eigenvalue weighted by Crippen LogP contribution is -2.08. The zero-order chi connectivity index (χ0) is 14.4. The van der Waals surface area contributed by atoms with Gasteiger partial charge in [0.1, 0.15) is 5.69 Å². The van der Waals surface area contributed by atoms with E-state index in [2.05, 4.69) is 20.0 Å². The van der Waals surface area contributed by atoms with Gasteiger partial charge in [0, 0.05) is 13.0 Å². The van der Waals surface area contributed by atoms with Gasteiger partial charge >= 0.3 is 5.69 Å². The summed E-state index contributed by atoms with van der Waals surface area (Å²) in [6.07, 6.45) is 1.75. The number of benzene rings is 1. The highest BCUT2D eigenvalue weighted by molar-refractivity contribution is 5.68. The summed E-state index contributed by atoms with van der Waals surface area (Å²) in [5, 5.41) is 17.8. The standard InChI is InChI=1S/C12H14N4O4/c1-2-19-10-5-3-4-9(12(10)16(17)18)13-7-6-11-14-8-20-15-11/h3-5,8,13H,2,6-7H2,1H3. The molecule has 0 atom stereocenters. The Labute approximate surface area is 114 Å². The van der Waals surface area contributed by atoms with Gasteiger partial charge in [-0.3, -0.25) is 10.1 Å². The van der Waals surface area contributed by atoms with Crippen molar-refractivity contribution in [2.24, 2.45) is 0 Å². The zero-order valence-corrected chi connectivity index (χ0v) is 10.9. The number of anilines is 1. The summed E-state index contributed by atoms with van der Waals surface area (Å²) >= 11 is 0. The van der Waals surface area contributed by atoms with E-state index in [0.29, 0.717) is 31.1 Å². The minimum atomic E-state index is -0.457. The molecule has 0 aliphatic carbocycles. The number of nitro groups is 1. The number of hydrogen-bond acceptors (Lipinski definition) is 7. The van der Waals surface area contributed by atoms with E-state index in [9.17, 15) is 10.1 Å². The van der Waals surface area contributed by atoms with Crippen LogP contribution in [0.5, 0.6) is 5.75 Å². The minimum Gasteiger partial charge on any atom is -0.487 e. The van der Waals surface area contributed by atoms with Gasteiger partial charge in [-0.05, 0) is 19.1 Å². The van der Waals surface area contributed by atoms with E-state index in [4.69, 9.17) is 4.74 Å². The lowest BCUT2D eigenvalue weighted by Gasteiger charge is -2.09. The molecule has 0 bridgehead atoms. The number of rotatable bonds is 7. The van der Waals surface area contributed by atoms with Gasteiger partial charge in [-0.25, -0.2) is 0 Å². The largest absolute Gasteiger partial charge is 0.487 e. The average Bonchev–Trinajstić information content (AvgIpc) is 2.92. The van der Waals surface area contributed by atoms with Crippen molar-refractivity contribution in [1.29, 1.82) is 0 Å². The summed E-state index contributed by atoms with van der Waals surface area (Å²) in [6, 6.07) is 4.91. The molecule has 8 heteroatoms. The molecule has 2 aromatic rings. The van der Waals surface area contributed by atoms with Crippen molar-refractivity contribution >= 4 is 11.4 Å². The van der Waals surface area contributed by atoms with Gasteiger partial charge in [-0.1, -0.05) is 11.2 Å². The van der Waals surface area contributed by atoms with Gasteiger partial charge in [0.25, 0.3) is 0 Å². The van der Waals surface area contributed by atoms with Crippen LogP contribution in [0.25, 0.3) is 0 Å². The first-order valence-electron chi connectivity index (χ1n) is 6.11. The third-order valence-electron chi connectivity index (χ3n) is 2.55. The van der Waals surface area contributed by atoms with Crippen LogP contribution in [0.4, 0.5) is 11.4 Å². The van der Waals surface area contributed by atoms with Crippen LogP contribution in [0.3, 0.4) is 0 Å². The highest BCUT2D eigenvalue weighted by Gasteiger charge is 2.20. The number of ether oxygens (including phenoxy) is 1. The predicted octanol–water partition coefficient (Wildman–Crippen LogP) is 2.03. The lowest BCUT2D eigenvalue weighted by atomic mass is 10.2. The van der Waals surface area contributed by atoms with E-state index >= 15 is 0 Å². The second-order valence-corrected chi connectivity index (χ2v) is 3.87. The summed E-state index contributed by atoms with van der Waals surface area (Å²) in [5.74, 6) is 0.795. The van der Waals surface area contributed by atoms with Gasteiger partial charge in [-0.15, -0.1) is 0 Å². The smallest absolute Gasteiger partial charge is 0.333 e. The number of aromatic nitrogens is 2. The maximum atomic E-state index is 11.2. The fourth-order valence-corrected chi connectivity index (χ4v) is 1.74. The van der Waals surface area contributed by atoms with Gasteiger partial charge in [0.05, 0.1) is 11.5 Å². The molecule has 0 spiro atoms. The van der Waals surface area contributed by atoms with E-state index in [1.165, 1.54) is 6.39 Å². The number of hydrogen-bond donors (Lipinski definition) is 1. The SMILES string of the molecule is CCOc1cccc(NCCc2ncon2)c1[N+](=O)[O-]. The van der Waals surface area contributed by atoms with E-state index in [1.54, 1.807) is 25.1 Å². The Morgan fingerprint density at radius 3 is 3.00 bits per heavy atom. The van der Waals surface area contributed by atoms with Crippen molar-refractivity contribution in [3.05, 3.63) is 40.5 Å². The zero-order valence-electron chi connectivity index (χ0n) is 10.9. The van der Waals surface area contributed by atoms with Crippen LogP contribution in [-0.2, 0) is 6.42 Å². The summed E-state index contributed by atoms with van der Waals surface area (Å²) < 4.78 is 9.88. The molecule has 106 valence electrons. The molecule has 1 aromatic carbocycles. The summed E-state index contributed by atoms with van der Waals surface area (Å²) in [6.45, 7) is 2.60. The summed E-state index contributed by atoms with van der Waals surface area (Å²) in [5.41, 5.74) is 0.340. The minimum absolute atomic E-state index is 0.0672. The molecule has 20 heavy (non-hydrogen) atoms. The van der Waals surface area contributed by atoms with Crippen LogP contribution in [0, 0.1) is 10.1 Å². The first-order chi connectivity index (χ1) is 9.72. The van der Waals surface area contributed by atoms with E-state index < -0.39 is 4.92 Å². The molecule has 0 fully saturated rings. The quantitative estimate of drug-likeness (QED) is 0.610. The molecule has 2 rings (SSSR count). The van der Waals surface area contributed by atoms with Crippen LogP contribution >= 0.6 is 0 Å². The average molecular weight is 278 g/mol. The van der Waals surface area contributed by atoms with E-state index in [1.807, 2.05) is 0 Å². The Morgan fingerprint density at radius 2 is 2.35 bits per heavy atom. The fourth-order valence-electron chi connectivity index (χ4n) is 1.74. The Hall–Kier alpha value is -2.64. The summed E-state index contributed by atoms with van der Waals surface area (Å²) in [4.78, 5) is 14.6. The van der Waals surface area contributed by atoms with Gasteiger partial charge in [-0.2, -0.15) is 4.98 Å². The molecule has 0 saturated carbocycles. The van der Waals surface area contributed by atoms with E-state index in [0.717, 1.165) is 0 Å². The third kappa shape index (κ3) is 3.22. The van der Waals surface area contributed by atoms with Crippen LogP contribution < -0.4 is 10.1 Å². The molecule has 0 unspecified atom stereocenters. The van der Waals surface area contributed by atoms with Crippen LogP contribution in [-0.4, -0.2) is 28.2 Å². The molecule has 1 aromatic heterocycles. The van der Waals surface area contributed by atoms with Crippen molar-refractivity contribution in [2.75, 3.05) is 18.5 Å². The molecule has 0 amide bonds.